The van der Waals surface area contributed by atoms with Crippen LogP contribution in [0.15, 0.2) is 73.6 Å². The molecule has 0 aromatic heterocycles. The second-order valence-corrected chi connectivity index (χ2v) is 8.31. The summed E-state index contributed by atoms with van der Waals surface area (Å²) < 4.78 is 29.1. The molecule has 0 saturated heterocycles. The van der Waals surface area contributed by atoms with Gasteiger partial charge in [0.1, 0.15) is 0 Å². The number of hydrogen-bond donors (Lipinski definition) is 4. The highest BCUT2D eigenvalue weighted by molar-refractivity contribution is 6.03. The zero-order valence-electron chi connectivity index (χ0n) is 22.2. The third-order valence-corrected chi connectivity index (χ3v) is 4.47. The van der Waals surface area contributed by atoms with Crippen molar-refractivity contribution in [3.05, 3.63) is 84.7 Å². The van der Waals surface area contributed by atoms with Crippen molar-refractivity contribution in [2.24, 2.45) is 0 Å². The molecule has 0 aliphatic heterocycles. The van der Waals surface area contributed by atoms with Gasteiger partial charge in [0.15, 0.2) is 36.3 Å². The molecular formula is C26H26O16. The normalized spacial score (nSPS) is 10.7. The van der Waals surface area contributed by atoms with Crippen LogP contribution in [0.5, 0.6) is 0 Å². The largest absolute Gasteiger partial charge is 0.502 e. The van der Waals surface area contributed by atoms with Gasteiger partial charge in [-0.15, -0.1) is 0 Å². The molecule has 0 atom stereocenters. The summed E-state index contributed by atoms with van der Waals surface area (Å²) in [6.45, 7) is 11.5. The van der Waals surface area contributed by atoms with Gasteiger partial charge in [0, 0.05) is 13.8 Å². The molecule has 1 aromatic carbocycles. The predicted molar refractivity (Wildman–Crippen MR) is 135 cm³/mol. The molecule has 0 spiro atoms. The molecule has 4 N–H and O–H groups in total. The van der Waals surface area contributed by atoms with E-state index in [9.17, 15) is 49.2 Å². The summed E-state index contributed by atoms with van der Waals surface area (Å²) in [5, 5.41) is 36.9. The van der Waals surface area contributed by atoms with Crippen LogP contribution in [0.1, 0.15) is 34.6 Å². The molecule has 0 saturated carbocycles. The Morgan fingerprint density at radius 3 is 1.02 bits per heavy atom. The van der Waals surface area contributed by atoms with Crippen molar-refractivity contribution in [1.82, 2.24) is 0 Å². The Labute approximate surface area is 237 Å². The van der Waals surface area contributed by atoms with Crippen molar-refractivity contribution in [3.8, 4) is 0 Å². The van der Waals surface area contributed by atoms with Crippen LogP contribution in [0, 0.1) is 0 Å². The molecular weight excluding hydrogens is 568 g/mol. The van der Waals surface area contributed by atoms with Crippen LogP contribution in [0.25, 0.3) is 0 Å². The quantitative estimate of drug-likeness (QED) is 0.0790. The Morgan fingerprint density at radius 2 is 0.810 bits per heavy atom. The smallest absolute Gasteiger partial charge is 0.376 e. The second-order valence-electron chi connectivity index (χ2n) is 8.31. The Morgan fingerprint density at radius 1 is 0.571 bits per heavy atom. The molecule has 16 heteroatoms. The van der Waals surface area contributed by atoms with Crippen LogP contribution in [0.2, 0.25) is 0 Å². The Hall–Kier alpha value is -5.80. The number of benzene rings is 1. The van der Waals surface area contributed by atoms with Gasteiger partial charge in [-0.05, 0) is 38.4 Å². The first-order chi connectivity index (χ1) is 19.3. The maximum absolute atomic E-state index is 12.8. The molecule has 1 aromatic rings. The third-order valence-electron chi connectivity index (χ3n) is 4.47. The zero-order chi connectivity index (χ0) is 32.4. The van der Waals surface area contributed by atoms with Crippen molar-refractivity contribution in [3.63, 3.8) is 0 Å². The topological polar surface area (TPSA) is 239 Å². The van der Waals surface area contributed by atoms with E-state index in [1.165, 1.54) is 12.1 Å². The lowest BCUT2D eigenvalue weighted by Crippen LogP contribution is -2.43. The number of carbonyl (C=O) groups excluding carboxylic acids is 6. The number of aliphatic hydroxyl groups is 4. The molecule has 42 heavy (non-hydrogen) atoms. The van der Waals surface area contributed by atoms with E-state index in [-0.39, 0.29) is 0 Å². The lowest BCUT2D eigenvalue weighted by Gasteiger charge is -2.28. The summed E-state index contributed by atoms with van der Waals surface area (Å²) >= 11 is 0. The van der Waals surface area contributed by atoms with E-state index >= 15 is 0 Å². The van der Waals surface area contributed by atoms with Gasteiger partial charge in [-0.3, -0.25) is 0 Å². The summed E-state index contributed by atoms with van der Waals surface area (Å²) in [5.41, 5.74) is -0.910. The Bertz CT molecular complexity index is 1180. The molecule has 226 valence electrons. The maximum atomic E-state index is 12.8. The van der Waals surface area contributed by atoms with Gasteiger partial charge in [-0.2, -0.15) is 0 Å². The van der Waals surface area contributed by atoms with Gasteiger partial charge < -0.3 is 48.8 Å². The molecule has 0 fully saturated rings. The number of ether oxygens (including phenoxy) is 6. The number of rotatable bonds is 14. The number of carbonyl (C=O) groups is 6. The first-order valence-corrected chi connectivity index (χ1v) is 11.2. The standard InChI is InChI=1S/C26H26O16/c1-13(27)19(31)39-25(5,40-20(32)14(2)28)11-37-23(35)17-9-7-8-10-18(17)24(36)38-12-26(6,41-21(33)15(3)29)42-22(34)16(4)30/h7-10,27-30H,1-4,11-12H2,5-6H3. The highest BCUT2D eigenvalue weighted by Gasteiger charge is 2.39. The summed E-state index contributed by atoms with van der Waals surface area (Å²) in [5.74, 6) is -17.7. The van der Waals surface area contributed by atoms with Crippen molar-refractivity contribution in [1.29, 1.82) is 0 Å². The molecule has 1 rings (SSSR count). The van der Waals surface area contributed by atoms with E-state index in [4.69, 9.17) is 28.4 Å². The van der Waals surface area contributed by atoms with Crippen LogP contribution < -0.4 is 0 Å². The Balaban J connectivity index is 3.18. The van der Waals surface area contributed by atoms with Gasteiger partial charge in [0.25, 0.3) is 11.6 Å². The summed E-state index contributed by atoms with van der Waals surface area (Å²) in [7, 11) is 0. The first-order valence-electron chi connectivity index (χ1n) is 11.2. The highest BCUT2D eigenvalue weighted by Crippen LogP contribution is 2.21. The summed E-state index contributed by atoms with van der Waals surface area (Å²) in [4.78, 5) is 72.8. The SMILES string of the molecule is C=C(O)C(=O)OC(C)(COC(=O)c1ccccc1C(=O)OCC(C)(OC(=O)C(=C)O)OC(=O)C(=C)O)OC(=O)C(=C)O. The molecule has 0 bridgehead atoms. The minimum absolute atomic E-state index is 0.455. The molecule has 16 nitrogen and oxygen atoms in total. The Kier molecular flexibility index (Phi) is 11.4. The van der Waals surface area contributed by atoms with Gasteiger partial charge in [0.2, 0.25) is 0 Å². The van der Waals surface area contributed by atoms with Crippen LogP contribution >= 0.6 is 0 Å². The van der Waals surface area contributed by atoms with E-state index < -0.39 is 94.8 Å². The molecule has 0 heterocycles. The maximum Gasteiger partial charge on any atom is 0.376 e. The van der Waals surface area contributed by atoms with Gasteiger partial charge in [0.05, 0.1) is 11.1 Å². The first kappa shape index (κ1) is 34.2. The van der Waals surface area contributed by atoms with Crippen LogP contribution in [-0.2, 0) is 47.6 Å². The predicted octanol–water partition coefficient (Wildman–Crippen LogP) is 1.89. The van der Waals surface area contributed by atoms with Gasteiger partial charge >= 0.3 is 35.8 Å². The minimum Gasteiger partial charge on any atom is -0.502 e. The number of esters is 6. The van der Waals surface area contributed by atoms with Crippen molar-refractivity contribution >= 4 is 35.8 Å². The van der Waals surface area contributed by atoms with E-state index in [2.05, 4.69) is 26.3 Å². The average Bonchev–Trinajstić information content (AvgIpc) is 2.89. The van der Waals surface area contributed by atoms with E-state index in [1.807, 2.05) is 0 Å². The fourth-order valence-corrected chi connectivity index (χ4v) is 2.57. The van der Waals surface area contributed by atoms with E-state index in [0.29, 0.717) is 0 Å². The lowest BCUT2D eigenvalue weighted by molar-refractivity contribution is -0.232. The third kappa shape index (κ3) is 10.1. The van der Waals surface area contributed by atoms with E-state index in [0.717, 1.165) is 26.0 Å². The fourth-order valence-electron chi connectivity index (χ4n) is 2.57. The fraction of sp³-hybridized carbons (Fsp3) is 0.231. The van der Waals surface area contributed by atoms with Gasteiger partial charge in [-0.1, -0.05) is 12.1 Å². The van der Waals surface area contributed by atoms with Crippen LogP contribution in [-0.4, -0.2) is 81.0 Å². The van der Waals surface area contributed by atoms with Crippen molar-refractivity contribution < 1.29 is 77.6 Å². The van der Waals surface area contributed by atoms with Gasteiger partial charge in [-0.25, -0.2) is 28.8 Å². The van der Waals surface area contributed by atoms with Crippen LogP contribution in [0.4, 0.5) is 0 Å². The molecule has 0 unspecified atom stereocenters. The number of hydrogen-bond acceptors (Lipinski definition) is 16. The van der Waals surface area contributed by atoms with Crippen LogP contribution in [0.3, 0.4) is 0 Å². The highest BCUT2D eigenvalue weighted by atomic mass is 16.8. The summed E-state index contributed by atoms with van der Waals surface area (Å²) in [6.07, 6.45) is 0. The molecule has 0 aliphatic carbocycles. The minimum atomic E-state index is -2.43. The van der Waals surface area contributed by atoms with Crippen molar-refractivity contribution in [2.45, 2.75) is 25.4 Å². The van der Waals surface area contributed by atoms with Crippen molar-refractivity contribution in [2.75, 3.05) is 13.2 Å². The number of aliphatic hydroxyl groups excluding tert-OH is 4. The average molecular weight is 594 g/mol. The van der Waals surface area contributed by atoms with E-state index in [1.54, 1.807) is 0 Å². The zero-order valence-corrected chi connectivity index (χ0v) is 22.2. The lowest BCUT2D eigenvalue weighted by atomic mass is 10.1. The molecule has 0 aliphatic rings. The second kappa shape index (κ2) is 14.0. The summed E-state index contributed by atoms with van der Waals surface area (Å²) in [6, 6.07) is 4.82. The molecule has 0 amide bonds. The monoisotopic (exact) mass is 594 g/mol. The molecule has 0 radical (unpaired) electrons.